The molecule has 0 fully saturated rings. The molecule has 0 saturated carbocycles. The number of aryl methyl sites for hydroxylation is 2. The number of hydrogen-bond acceptors (Lipinski definition) is 6. The van der Waals surface area contributed by atoms with E-state index in [0.717, 1.165) is 17.1 Å². The van der Waals surface area contributed by atoms with Crippen molar-refractivity contribution in [3.8, 4) is 0 Å². The number of nitrogens with zero attached hydrogens (tertiary/aromatic N) is 4. The van der Waals surface area contributed by atoms with E-state index in [9.17, 15) is 4.79 Å². The Kier molecular flexibility index (Phi) is 3.05. The number of anilines is 1. The number of nitrogens with two attached hydrogens (primary N) is 1. The summed E-state index contributed by atoms with van der Waals surface area (Å²) in [4.78, 5) is 12.3. The Hall–Kier alpha value is -1.96. The second kappa shape index (κ2) is 4.50. The van der Waals surface area contributed by atoms with Crippen LogP contribution in [0.2, 0.25) is 0 Å². The molecule has 0 bridgehead atoms. The quantitative estimate of drug-likeness (QED) is 0.806. The summed E-state index contributed by atoms with van der Waals surface area (Å²) in [7, 11) is 1.75. The lowest BCUT2D eigenvalue weighted by molar-refractivity contribution is 0.0954. The van der Waals surface area contributed by atoms with Crippen LogP contribution in [0.1, 0.15) is 20.9 Å². The van der Waals surface area contributed by atoms with Crippen LogP contribution in [0.15, 0.2) is 6.20 Å². The molecule has 1 amide bonds. The summed E-state index contributed by atoms with van der Waals surface area (Å²) in [6.45, 7) is 2.09. The zero-order valence-corrected chi connectivity index (χ0v) is 10.3. The van der Waals surface area contributed by atoms with E-state index in [-0.39, 0.29) is 5.91 Å². The average molecular weight is 252 g/mol. The third kappa shape index (κ3) is 2.26. The van der Waals surface area contributed by atoms with Gasteiger partial charge in [0.05, 0.1) is 11.9 Å². The van der Waals surface area contributed by atoms with Crippen LogP contribution in [0.5, 0.6) is 0 Å². The topological polar surface area (TPSA) is 98.7 Å². The molecule has 2 aromatic heterocycles. The highest BCUT2D eigenvalue weighted by atomic mass is 32.1. The Balaban J connectivity index is 2.02. The molecular weight excluding hydrogens is 240 g/mol. The third-order valence-corrected chi connectivity index (χ3v) is 3.19. The van der Waals surface area contributed by atoms with Crippen molar-refractivity contribution in [2.45, 2.75) is 13.5 Å². The van der Waals surface area contributed by atoms with Crippen molar-refractivity contribution in [2.75, 3.05) is 5.73 Å². The van der Waals surface area contributed by atoms with Crippen LogP contribution in [-0.4, -0.2) is 25.3 Å². The van der Waals surface area contributed by atoms with Crippen LogP contribution in [0, 0.1) is 6.92 Å². The zero-order chi connectivity index (χ0) is 12.4. The third-order valence-electron chi connectivity index (χ3n) is 2.36. The first-order chi connectivity index (χ1) is 8.09. The highest BCUT2D eigenvalue weighted by Crippen LogP contribution is 2.11. The predicted octanol–water partition coefficient (Wildman–Crippen LogP) is 0.0922. The van der Waals surface area contributed by atoms with Gasteiger partial charge < -0.3 is 11.1 Å². The molecule has 7 nitrogen and oxygen atoms in total. The first-order valence-electron chi connectivity index (χ1n) is 4.93. The molecule has 0 spiro atoms. The molecule has 0 atom stereocenters. The minimum atomic E-state index is -0.194. The summed E-state index contributed by atoms with van der Waals surface area (Å²) in [5.41, 5.74) is 7.18. The van der Waals surface area contributed by atoms with E-state index < -0.39 is 0 Å². The van der Waals surface area contributed by atoms with Gasteiger partial charge in [-0.05, 0) is 18.5 Å². The van der Waals surface area contributed by atoms with Gasteiger partial charge in [0, 0.05) is 19.2 Å². The van der Waals surface area contributed by atoms with E-state index in [1.165, 1.54) is 0 Å². The molecule has 0 aromatic carbocycles. The second-order valence-electron chi connectivity index (χ2n) is 3.55. The first kappa shape index (κ1) is 11.5. The second-order valence-corrected chi connectivity index (χ2v) is 4.30. The van der Waals surface area contributed by atoms with E-state index >= 15 is 0 Å². The van der Waals surface area contributed by atoms with Gasteiger partial charge in [0.2, 0.25) is 0 Å². The molecule has 0 aliphatic heterocycles. The monoisotopic (exact) mass is 252 g/mol. The minimum Gasteiger partial charge on any atom is -0.384 e. The van der Waals surface area contributed by atoms with Crippen molar-refractivity contribution in [2.24, 2.45) is 7.05 Å². The molecule has 3 N–H and O–H groups in total. The van der Waals surface area contributed by atoms with Gasteiger partial charge in [-0.3, -0.25) is 9.48 Å². The highest BCUT2D eigenvalue weighted by molar-refractivity contribution is 7.07. The maximum absolute atomic E-state index is 11.8. The van der Waals surface area contributed by atoms with E-state index in [1.54, 1.807) is 24.9 Å². The summed E-state index contributed by atoms with van der Waals surface area (Å²) in [6, 6.07) is 0. The Morgan fingerprint density at radius 1 is 1.65 bits per heavy atom. The van der Waals surface area contributed by atoms with E-state index in [0.29, 0.717) is 22.9 Å². The first-order valence-corrected chi connectivity index (χ1v) is 5.70. The number of carbonyl (C=O) groups is 1. The Labute approximate surface area is 102 Å². The molecule has 2 aromatic rings. The lowest BCUT2D eigenvalue weighted by Crippen LogP contribution is -2.23. The van der Waals surface area contributed by atoms with Crippen LogP contribution in [0.4, 0.5) is 5.82 Å². The molecule has 0 aliphatic rings. The van der Waals surface area contributed by atoms with E-state index in [1.807, 2.05) is 0 Å². The van der Waals surface area contributed by atoms with Crippen LogP contribution in [0.3, 0.4) is 0 Å². The van der Waals surface area contributed by atoms with Gasteiger partial charge in [-0.15, -0.1) is 5.10 Å². The lowest BCUT2D eigenvalue weighted by atomic mass is 10.3. The van der Waals surface area contributed by atoms with Crippen LogP contribution >= 0.6 is 11.5 Å². The molecular formula is C9H12N6OS. The fourth-order valence-electron chi connectivity index (χ4n) is 1.32. The zero-order valence-electron chi connectivity index (χ0n) is 9.47. The van der Waals surface area contributed by atoms with Gasteiger partial charge in [0.1, 0.15) is 10.7 Å². The molecule has 0 aliphatic carbocycles. The Morgan fingerprint density at radius 2 is 2.41 bits per heavy atom. The van der Waals surface area contributed by atoms with Gasteiger partial charge in [0.25, 0.3) is 5.91 Å². The number of nitrogen functional groups attached to an aromatic ring is 1. The number of amides is 1. The van der Waals surface area contributed by atoms with Crippen LogP contribution < -0.4 is 11.1 Å². The van der Waals surface area contributed by atoms with Gasteiger partial charge in [0.15, 0.2) is 0 Å². The number of hydrogen-bond donors (Lipinski definition) is 2. The van der Waals surface area contributed by atoms with Gasteiger partial charge in [-0.1, -0.05) is 4.49 Å². The molecule has 0 radical (unpaired) electrons. The number of rotatable bonds is 3. The molecule has 2 heterocycles. The number of nitrogens with one attached hydrogen (secondary N) is 1. The fourth-order valence-corrected chi connectivity index (χ4v) is 1.90. The SMILES string of the molecule is Cc1nnsc1C(=O)NCc1cnn(C)c1N. The van der Waals surface area contributed by atoms with Gasteiger partial charge >= 0.3 is 0 Å². The maximum atomic E-state index is 11.8. The molecule has 0 saturated heterocycles. The van der Waals surface area contributed by atoms with Crippen molar-refractivity contribution in [1.29, 1.82) is 0 Å². The van der Waals surface area contributed by atoms with Gasteiger partial charge in [-0.2, -0.15) is 5.10 Å². The van der Waals surface area contributed by atoms with Crippen molar-refractivity contribution in [3.05, 3.63) is 22.3 Å². The van der Waals surface area contributed by atoms with Crippen LogP contribution in [0.25, 0.3) is 0 Å². The Morgan fingerprint density at radius 3 is 2.94 bits per heavy atom. The number of carbonyl (C=O) groups excluding carboxylic acids is 1. The van der Waals surface area contributed by atoms with Crippen LogP contribution in [-0.2, 0) is 13.6 Å². The van der Waals surface area contributed by atoms with Gasteiger partial charge in [-0.25, -0.2) is 0 Å². The largest absolute Gasteiger partial charge is 0.384 e. The van der Waals surface area contributed by atoms with Crippen molar-refractivity contribution < 1.29 is 4.79 Å². The smallest absolute Gasteiger partial charge is 0.265 e. The van der Waals surface area contributed by atoms with Crippen molar-refractivity contribution in [3.63, 3.8) is 0 Å². The fraction of sp³-hybridized carbons (Fsp3) is 0.333. The van der Waals surface area contributed by atoms with E-state index in [2.05, 4.69) is 20.0 Å². The minimum absolute atomic E-state index is 0.194. The summed E-state index contributed by atoms with van der Waals surface area (Å²) < 4.78 is 5.27. The molecule has 17 heavy (non-hydrogen) atoms. The summed E-state index contributed by atoms with van der Waals surface area (Å²) in [6.07, 6.45) is 1.63. The maximum Gasteiger partial charge on any atom is 0.265 e. The normalized spacial score (nSPS) is 10.5. The summed E-state index contributed by atoms with van der Waals surface area (Å²) >= 11 is 1.08. The average Bonchev–Trinajstić information content (AvgIpc) is 2.85. The summed E-state index contributed by atoms with van der Waals surface area (Å²) in [5, 5.41) is 10.5. The predicted molar refractivity (Wildman–Crippen MR) is 63.4 cm³/mol. The molecule has 0 unspecified atom stereocenters. The molecule has 8 heteroatoms. The standard InChI is InChI=1S/C9H12N6OS/c1-5-7(17-14-13-5)9(16)11-3-6-4-12-15(2)8(6)10/h4H,3,10H2,1-2H3,(H,11,16). The lowest BCUT2D eigenvalue weighted by Gasteiger charge is -2.03. The van der Waals surface area contributed by atoms with E-state index in [4.69, 9.17) is 5.73 Å². The molecule has 90 valence electrons. The molecule has 2 rings (SSSR count). The number of aromatic nitrogens is 4. The summed E-state index contributed by atoms with van der Waals surface area (Å²) in [5.74, 6) is 0.352. The highest BCUT2D eigenvalue weighted by Gasteiger charge is 2.13. The Bertz CT molecular complexity index is 545. The van der Waals surface area contributed by atoms with Crippen molar-refractivity contribution in [1.82, 2.24) is 24.7 Å². The van der Waals surface area contributed by atoms with Crippen molar-refractivity contribution >= 4 is 23.3 Å².